The number of sulfone groups is 1. The first-order valence-electron chi connectivity index (χ1n) is 12.3. The fraction of sp³-hybridized carbons (Fsp3) is 0.462. The Morgan fingerprint density at radius 3 is 2.47 bits per heavy atom. The van der Waals surface area contributed by atoms with Crippen LogP contribution < -0.4 is 9.62 Å². The first kappa shape index (κ1) is 29.9. The number of thiazole rings is 1. The van der Waals surface area contributed by atoms with Crippen molar-refractivity contribution in [1.82, 2.24) is 10.3 Å². The summed E-state index contributed by atoms with van der Waals surface area (Å²) in [6.07, 6.45) is 1.47. The zero-order chi connectivity index (χ0) is 28.3. The van der Waals surface area contributed by atoms with Gasteiger partial charge in [-0.25, -0.2) is 21.8 Å². The molecule has 1 unspecified atom stereocenters. The summed E-state index contributed by atoms with van der Waals surface area (Å²) in [5, 5.41) is 14.0. The smallest absolute Gasteiger partial charge is 0.264 e. The Labute approximate surface area is 228 Å². The number of benzene rings is 2. The number of phenols is 1. The number of aromatic hydroxyl groups is 1. The Bertz CT molecular complexity index is 1500. The predicted molar refractivity (Wildman–Crippen MR) is 152 cm³/mol. The van der Waals surface area contributed by atoms with Crippen molar-refractivity contribution < 1.29 is 26.7 Å². The standard InChI is InChI=1S/C26H35N3O6S3/c1-17(2)14-29(38(34,35)21-9-10-24-22(12-21)28-16-36-24)23-8-6-7-20(25(23)30)11-18(3)13-27-26(31)19(4)15-37(5,32)33/h6-10,12,16-19,30H,11,13-15H2,1-5H3,(H,27,31)/t18?,19-/m0/s1. The molecule has 9 nitrogen and oxygen atoms in total. The Morgan fingerprint density at radius 2 is 1.82 bits per heavy atom. The number of nitrogens with zero attached hydrogens (tertiary/aromatic N) is 2. The van der Waals surface area contributed by atoms with Crippen molar-refractivity contribution in [2.45, 2.75) is 39.0 Å². The predicted octanol–water partition coefficient (Wildman–Crippen LogP) is 3.83. The lowest BCUT2D eigenvalue weighted by molar-refractivity contribution is -0.124. The van der Waals surface area contributed by atoms with Crippen LogP contribution in [-0.2, 0) is 31.1 Å². The quantitative estimate of drug-likeness (QED) is 0.332. The van der Waals surface area contributed by atoms with E-state index in [0.717, 1.165) is 11.0 Å². The van der Waals surface area contributed by atoms with E-state index in [4.69, 9.17) is 0 Å². The van der Waals surface area contributed by atoms with E-state index in [9.17, 15) is 26.7 Å². The van der Waals surface area contributed by atoms with Crippen molar-refractivity contribution in [3.63, 3.8) is 0 Å². The third kappa shape index (κ3) is 7.45. The maximum absolute atomic E-state index is 13.8. The van der Waals surface area contributed by atoms with E-state index in [1.807, 2.05) is 20.8 Å². The summed E-state index contributed by atoms with van der Waals surface area (Å²) >= 11 is 1.43. The molecule has 0 saturated heterocycles. The van der Waals surface area contributed by atoms with Gasteiger partial charge in [-0.1, -0.05) is 39.8 Å². The summed E-state index contributed by atoms with van der Waals surface area (Å²) < 4.78 is 52.6. The van der Waals surface area contributed by atoms with Gasteiger partial charge in [0.2, 0.25) is 5.91 Å². The van der Waals surface area contributed by atoms with E-state index in [2.05, 4.69) is 10.3 Å². The minimum Gasteiger partial charge on any atom is -0.505 e. The molecule has 0 aliphatic rings. The number of phenolic OH excluding ortho intramolecular Hbond substituents is 1. The summed E-state index contributed by atoms with van der Waals surface area (Å²) in [5.41, 5.74) is 3.00. The second kappa shape index (κ2) is 12.0. The van der Waals surface area contributed by atoms with Crippen LogP contribution in [0.25, 0.3) is 10.2 Å². The second-order valence-corrected chi connectivity index (χ2v) is 15.2. The van der Waals surface area contributed by atoms with Crippen molar-refractivity contribution in [3.8, 4) is 5.75 Å². The van der Waals surface area contributed by atoms with Gasteiger partial charge in [-0.3, -0.25) is 9.10 Å². The van der Waals surface area contributed by atoms with Gasteiger partial charge in [-0.2, -0.15) is 0 Å². The Balaban J connectivity index is 1.83. The lowest BCUT2D eigenvalue weighted by Gasteiger charge is -2.28. The minimum atomic E-state index is -4.00. The highest BCUT2D eigenvalue weighted by Gasteiger charge is 2.29. The monoisotopic (exact) mass is 581 g/mol. The van der Waals surface area contributed by atoms with Gasteiger partial charge in [-0.05, 0) is 48.1 Å². The van der Waals surface area contributed by atoms with Crippen LogP contribution in [0.15, 0.2) is 46.8 Å². The van der Waals surface area contributed by atoms with Gasteiger partial charge in [0, 0.05) is 25.3 Å². The van der Waals surface area contributed by atoms with E-state index < -0.39 is 25.8 Å². The number of nitrogens with one attached hydrogen (secondary N) is 1. The maximum Gasteiger partial charge on any atom is 0.264 e. The molecule has 1 heterocycles. The van der Waals surface area contributed by atoms with Gasteiger partial charge in [-0.15, -0.1) is 11.3 Å². The van der Waals surface area contributed by atoms with Gasteiger partial charge in [0.05, 0.1) is 32.1 Å². The fourth-order valence-electron chi connectivity index (χ4n) is 4.15. The average Bonchev–Trinajstić information content (AvgIpc) is 3.29. The molecule has 0 bridgehead atoms. The van der Waals surface area contributed by atoms with E-state index in [1.165, 1.54) is 15.6 Å². The molecule has 0 aliphatic carbocycles. The molecule has 208 valence electrons. The Morgan fingerprint density at radius 1 is 1.11 bits per heavy atom. The molecule has 1 amide bonds. The Kier molecular flexibility index (Phi) is 9.43. The molecule has 2 aromatic carbocycles. The molecule has 1 aromatic heterocycles. The van der Waals surface area contributed by atoms with Gasteiger partial charge in [0.1, 0.15) is 15.6 Å². The number of para-hydroxylation sites is 1. The van der Waals surface area contributed by atoms with Crippen LogP contribution >= 0.6 is 11.3 Å². The number of carbonyl (C=O) groups excluding carboxylic acids is 1. The second-order valence-electron chi connectivity index (χ2n) is 10.2. The lowest BCUT2D eigenvalue weighted by atomic mass is 9.99. The number of sulfonamides is 1. The summed E-state index contributed by atoms with van der Waals surface area (Å²) in [7, 11) is -7.27. The topological polar surface area (TPSA) is 134 Å². The highest BCUT2D eigenvalue weighted by molar-refractivity contribution is 7.92. The molecule has 2 atom stereocenters. The lowest BCUT2D eigenvalue weighted by Crippen LogP contribution is -2.36. The SMILES string of the molecule is CC(C)CN(c1cccc(CC(C)CNC(=O)[C@@H](C)CS(C)(=O)=O)c1O)S(=O)(=O)c1ccc2scnc2c1. The van der Waals surface area contributed by atoms with E-state index in [0.29, 0.717) is 17.5 Å². The number of anilines is 1. The number of hydrogen-bond donors (Lipinski definition) is 2. The minimum absolute atomic E-state index is 0.0149. The molecule has 0 saturated carbocycles. The average molecular weight is 582 g/mol. The van der Waals surface area contributed by atoms with Gasteiger partial charge >= 0.3 is 0 Å². The summed E-state index contributed by atoms with van der Waals surface area (Å²) in [6, 6.07) is 9.85. The summed E-state index contributed by atoms with van der Waals surface area (Å²) in [5.74, 6) is -1.51. The van der Waals surface area contributed by atoms with Crippen LogP contribution in [0.5, 0.6) is 5.75 Å². The number of rotatable bonds is 12. The van der Waals surface area contributed by atoms with Crippen LogP contribution in [-0.4, -0.2) is 57.9 Å². The molecule has 0 aliphatic heterocycles. The third-order valence-electron chi connectivity index (χ3n) is 5.98. The van der Waals surface area contributed by atoms with Crippen molar-refractivity contribution >= 4 is 53.0 Å². The van der Waals surface area contributed by atoms with Crippen molar-refractivity contribution in [2.75, 3.05) is 29.4 Å². The normalized spacial score (nSPS) is 13.9. The van der Waals surface area contributed by atoms with Crippen LogP contribution in [0.1, 0.15) is 33.3 Å². The first-order valence-corrected chi connectivity index (χ1v) is 16.7. The largest absolute Gasteiger partial charge is 0.505 e. The van der Waals surface area contributed by atoms with Crippen LogP contribution in [0, 0.1) is 17.8 Å². The van der Waals surface area contributed by atoms with Gasteiger partial charge in [0.25, 0.3) is 10.0 Å². The number of fused-ring (bicyclic) bond motifs is 1. The number of carbonyl (C=O) groups is 1. The molecule has 0 radical (unpaired) electrons. The molecule has 0 fully saturated rings. The molecule has 2 N–H and O–H groups in total. The summed E-state index contributed by atoms with van der Waals surface area (Å²) in [6.45, 7) is 7.70. The van der Waals surface area contributed by atoms with E-state index in [1.54, 1.807) is 48.8 Å². The number of amides is 1. The van der Waals surface area contributed by atoms with Crippen LogP contribution in [0.4, 0.5) is 5.69 Å². The highest BCUT2D eigenvalue weighted by atomic mass is 32.2. The van der Waals surface area contributed by atoms with Crippen LogP contribution in [0.2, 0.25) is 0 Å². The third-order valence-corrected chi connectivity index (χ3v) is 9.67. The van der Waals surface area contributed by atoms with E-state index in [-0.39, 0.29) is 52.9 Å². The van der Waals surface area contributed by atoms with E-state index >= 15 is 0 Å². The Hall–Kier alpha value is -2.70. The molecule has 3 aromatic rings. The molecule has 0 spiro atoms. The maximum atomic E-state index is 13.8. The highest BCUT2D eigenvalue weighted by Crippen LogP contribution is 2.36. The number of aromatic nitrogens is 1. The molecular formula is C26H35N3O6S3. The molecule has 3 rings (SSSR count). The first-order chi connectivity index (χ1) is 17.7. The van der Waals surface area contributed by atoms with Crippen molar-refractivity contribution in [3.05, 3.63) is 47.5 Å². The fourth-order valence-corrected chi connectivity index (χ4v) is 7.53. The number of hydrogen-bond acceptors (Lipinski definition) is 8. The van der Waals surface area contributed by atoms with Crippen molar-refractivity contribution in [1.29, 1.82) is 0 Å². The molecule has 12 heteroatoms. The molecule has 38 heavy (non-hydrogen) atoms. The zero-order valence-corrected chi connectivity index (χ0v) is 24.7. The molecular weight excluding hydrogens is 547 g/mol. The zero-order valence-electron chi connectivity index (χ0n) is 22.2. The van der Waals surface area contributed by atoms with Crippen LogP contribution in [0.3, 0.4) is 0 Å². The van der Waals surface area contributed by atoms with Gasteiger partial charge < -0.3 is 10.4 Å². The van der Waals surface area contributed by atoms with Gasteiger partial charge in [0.15, 0.2) is 0 Å². The summed E-state index contributed by atoms with van der Waals surface area (Å²) in [4.78, 5) is 16.6. The van der Waals surface area contributed by atoms with Crippen molar-refractivity contribution in [2.24, 2.45) is 17.8 Å².